The van der Waals surface area contributed by atoms with Crippen molar-refractivity contribution in [3.63, 3.8) is 0 Å². The number of methoxy groups -OCH3 is 1. The Labute approximate surface area is 115 Å². The maximum absolute atomic E-state index is 10.1. The average Bonchev–Trinajstić information content (AvgIpc) is 3.28. The first-order valence-electron chi connectivity index (χ1n) is 7.36. The van der Waals surface area contributed by atoms with Crippen LogP contribution in [-0.4, -0.2) is 36.6 Å². The zero-order valence-corrected chi connectivity index (χ0v) is 11.8. The van der Waals surface area contributed by atoms with Crippen molar-refractivity contribution in [1.82, 2.24) is 0 Å². The zero-order chi connectivity index (χ0) is 13.5. The molecule has 0 aromatic heterocycles. The highest BCUT2D eigenvalue weighted by atomic mass is 16.6. The van der Waals surface area contributed by atoms with E-state index in [1.807, 2.05) is 0 Å². The molecule has 4 atom stereocenters. The van der Waals surface area contributed by atoms with Gasteiger partial charge in [-0.05, 0) is 38.5 Å². The summed E-state index contributed by atoms with van der Waals surface area (Å²) < 4.78 is 11.3. The largest absolute Gasteiger partial charge is 0.390 e. The Balaban J connectivity index is 1.77. The van der Waals surface area contributed by atoms with E-state index in [1.165, 1.54) is 18.4 Å². The van der Waals surface area contributed by atoms with Crippen molar-refractivity contribution in [2.24, 2.45) is 11.8 Å². The van der Waals surface area contributed by atoms with E-state index < -0.39 is 0 Å². The molecular formula is C16H24O3. The Morgan fingerprint density at radius 3 is 2.68 bits per heavy atom. The lowest BCUT2D eigenvalue weighted by molar-refractivity contribution is -0.0849. The standard InChI is InChI=1S/C16H24O3/c1-11(4-3-5-12-6-7-12)14-15(18-2)13(17)8-9-16(14)10-19-16/h3-5,12-15,17H,6-10H2,1-2H3. The second-order valence-corrected chi connectivity index (χ2v) is 6.27. The van der Waals surface area contributed by atoms with E-state index in [4.69, 9.17) is 9.47 Å². The third-order valence-corrected chi connectivity index (χ3v) is 4.78. The molecule has 19 heavy (non-hydrogen) atoms. The number of rotatable bonds is 4. The first-order valence-corrected chi connectivity index (χ1v) is 7.36. The van der Waals surface area contributed by atoms with Crippen LogP contribution in [0.5, 0.6) is 0 Å². The molecule has 0 radical (unpaired) electrons. The number of aliphatic hydroxyl groups excluding tert-OH is 1. The minimum absolute atomic E-state index is 0.0616. The topological polar surface area (TPSA) is 42.0 Å². The Morgan fingerprint density at radius 2 is 2.11 bits per heavy atom. The smallest absolute Gasteiger partial charge is 0.101 e. The van der Waals surface area contributed by atoms with Gasteiger partial charge in [-0.15, -0.1) is 0 Å². The Kier molecular flexibility index (Phi) is 3.54. The molecule has 1 heterocycles. The fraction of sp³-hybridized carbons (Fsp3) is 0.750. The van der Waals surface area contributed by atoms with Crippen LogP contribution in [-0.2, 0) is 9.47 Å². The number of allylic oxidation sites excluding steroid dienone is 3. The molecule has 0 aromatic rings. The van der Waals surface area contributed by atoms with E-state index >= 15 is 0 Å². The van der Waals surface area contributed by atoms with Crippen molar-refractivity contribution in [3.05, 3.63) is 23.8 Å². The maximum Gasteiger partial charge on any atom is 0.101 e. The molecule has 1 spiro atoms. The van der Waals surface area contributed by atoms with Crippen LogP contribution in [0, 0.1) is 11.8 Å². The summed E-state index contributed by atoms with van der Waals surface area (Å²) in [7, 11) is 1.69. The van der Waals surface area contributed by atoms with Gasteiger partial charge in [-0.3, -0.25) is 0 Å². The molecule has 1 aliphatic heterocycles. The molecule has 3 nitrogen and oxygen atoms in total. The Bertz CT molecular complexity index is 391. The minimum Gasteiger partial charge on any atom is -0.390 e. The summed E-state index contributed by atoms with van der Waals surface area (Å²) in [5.41, 5.74) is 1.20. The van der Waals surface area contributed by atoms with Crippen molar-refractivity contribution < 1.29 is 14.6 Å². The van der Waals surface area contributed by atoms with E-state index in [1.54, 1.807) is 7.11 Å². The van der Waals surface area contributed by atoms with Gasteiger partial charge in [0.05, 0.1) is 18.8 Å². The summed E-state index contributed by atoms with van der Waals surface area (Å²) in [6.45, 7) is 2.94. The Morgan fingerprint density at radius 1 is 1.37 bits per heavy atom. The second kappa shape index (κ2) is 5.04. The molecule has 3 aliphatic rings. The normalized spacial score (nSPS) is 43.1. The lowest BCUT2D eigenvalue weighted by atomic mass is 9.72. The highest BCUT2D eigenvalue weighted by Gasteiger charge is 2.58. The maximum atomic E-state index is 10.1. The Hall–Kier alpha value is -0.640. The summed E-state index contributed by atoms with van der Waals surface area (Å²) in [6.07, 6.45) is 10.5. The first-order chi connectivity index (χ1) is 9.16. The van der Waals surface area contributed by atoms with Gasteiger partial charge in [-0.2, -0.15) is 0 Å². The average molecular weight is 264 g/mol. The van der Waals surface area contributed by atoms with Crippen LogP contribution < -0.4 is 0 Å². The summed E-state index contributed by atoms with van der Waals surface area (Å²) >= 11 is 0. The van der Waals surface area contributed by atoms with Crippen LogP contribution in [0.15, 0.2) is 23.8 Å². The third-order valence-electron chi connectivity index (χ3n) is 4.78. The molecule has 3 heteroatoms. The van der Waals surface area contributed by atoms with Crippen LogP contribution in [0.3, 0.4) is 0 Å². The first kappa shape index (κ1) is 13.3. The van der Waals surface area contributed by atoms with E-state index in [0.717, 1.165) is 25.4 Å². The molecule has 0 bridgehead atoms. The van der Waals surface area contributed by atoms with Gasteiger partial charge >= 0.3 is 0 Å². The molecular weight excluding hydrogens is 240 g/mol. The fourth-order valence-electron chi connectivity index (χ4n) is 3.37. The van der Waals surface area contributed by atoms with Gasteiger partial charge < -0.3 is 14.6 Å². The van der Waals surface area contributed by atoms with Crippen LogP contribution in [0.4, 0.5) is 0 Å². The highest BCUT2D eigenvalue weighted by molar-refractivity contribution is 5.24. The predicted octanol–water partition coefficient (Wildman–Crippen LogP) is 2.45. The minimum atomic E-state index is -0.374. The second-order valence-electron chi connectivity index (χ2n) is 6.27. The summed E-state index contributed by atoms with van der Waals surface area (Å²) in [6, 6.07) is 0. The van der Waals surface area contributed by atoms with Crippen molar-refractivity contribution in [1.29, 1.82) is 0 Å². The van der Waals surface area contributed by atoms with E-state index in [0.29, 0.717) is 0 Å². The molecule has 4 unspecified atom stereocenters. The van der Waals surface area contributed by atoms with Crippen molar-refractivity contribution >= 4 is 0 Å². The highest BCUT2D eigenvalue weighted by Crippen LogP contribution is 2.50. The number of aliphatic hydroxyl groups is 1. The molecule has 106 valence electrons. The fourth-order valence-corrected chi connectivity index (χ4v) is 3.37. The zero-order valence-electron chi connectivity index (χ0n) is 11.8. The van der Waals surface area contributed by atoms with Gasteiger partial charge in [-0.1, -0.05) is 23.8 Å². The van der Waals surface area contributed by atoms with Gasteiger partial charge in [0.25, 0.3) is 0 Å². The van der Waals surface area contributed by atoms with E-state index in [9.17, 15) is 5.11 Å². The monoisotopic (exact) mass is 264 g/mol. The summed E-state index contributed by atoms with van der Waals surface area (Å²) in [4.78, 5) is 0. The third kappa shape index (κ3) is 2.64. The van der Waals surface area contributed by atoms with Gasteiger partial charge in [-0.25, -0.2) is 0 Å². The lowest BCUT2D eigenvalue weighted by Gasteiger charge is -2.39. The molecule has 2 aliphatic carbocycles. The van der Waals surface area contributed by atoms with Crippen LogP contribution in [0.1, 0.15) is 32.6 Å². The van der Waals surface area contributed by atoms with Crippen LogP contribution in [0.2, 0.25) is 0 Å². The van der Waals surface area contributed by atoms with Gasteiger partial charge in [0.1, 0.15) is 5.60 Å². The van der Waals surface area contributed by atoms with Gasteiger partial charge in [0, 0.05) is 13.0 Å². The van der Waals surface area contributed by atoms with Crippen molar-refractivity contribution in [2.45, 2.75) is 50.4 Å². The molecule has 0 amide bonds. The van der Waals surface area contributed by atoms with Crippen molar-refractivity contribution in [3.8, 4) is 0 Å². The predicted molar refractivity (Wildman–Crippen MR) is 73.8 cm³/mol. The summed E-state index contributed by atoms with van der Waals surface area (Å²) in [5.74, 6) is 0.982. The number of ether oxygens (including phenoxy) is 2. The SMILES string of the molecule is COC1C(O)CCC2(CO2)C1C(C)=CC=CC1CC1. The molecule has 1 N–H and O–H groups in total. The lowest BCUT2D eigenvalue weighted by Crippen LogP contribution is -2.48. The van der Waals surface area contributed by atoms with E-state index in [2.05, 4.69) is 25.2 Å². The summed E-state index contributed by atoms with van der Waals surface area (Å²) in [5, 5.41) is 10.1. The van der Waals surface area contributed by atoms with Gasteiger partial charge in [0.15, 0.2) is 0 Å². The quantitative estimate of drug-likeness (QED) is 0.626. The molecule has 0 aromatic carbocycles. The van der Waals surface area contributed by atoms with Crippen LogP contribution >= 0.6 is 0 Å². The molecule has 2 saturated carbocycles. The molecule has 3 fully saturated rings. The van der Waals surface area contributed by atoms with Crippen molar-refractivity contribution in [2.75, 3.05) is 13.7 Å². The number of hydrogen-bond acceptors (Lipinski definition) is 3. The van der Waals surface area contributed by atoms with E-state index in [-0.39, 0.29) is 23.7 Å². The number of hydrogen-bond donors (Lipinski definition) is 1. The van der Waals surface area contributed by atoms with Crippen LogP contribution in [0.25, 0.3) is 0 Å². The molecule has 1 saturated heterocycles. The van der Waals surface area contributed by atoms with Gasteiger partial charge in [0.2, 0.25) is 0 Å². The molecule has 3 rings (SSSR count). The number of epoxide rings is 1.